The summed E-state index contributed by atoms with van der Waals surface area (Å²) in [6.07, 6.45) is -2.97. The van der Waals surface area contributed by atoms with Crippen LogP contribution in [-0.2, 0) is 13.2 Å². The van der Waals surface area contributed by atoms with Crippen molar-refractivity contribution in [3.8, 4) is 0 Å². The topological polar surface area (TPSA) is 67.2 Å². The van der Waals surface area contributed by atoms with E-state index in [9.17, 15) is 18.0 Å². The highest BCUT2D eigenvalue weighted by molar-refractivity contribution is 5.92. The number of carboxylic acids is 1. The molecule has 0 bridgehead atoms. The lowest BCUT2D eigenvalue weighted by Crippen LogP contribution is -2.05. The number of anilines is 2. The molecule has 2 N–H and O–H groups in total. The highest BCUT2D eigenvalue weighted by Crippen LogP contribution is 2.30. The van der Waals surface area contributed by atoms with Gasteiger partial charge in [0, 0.05) is 18.9 Å². The van der Waals surface area contributed by atoms with Crippen LogP contribution in [0.5, 0.6) is 0 Å². The van der Waals surface area contributed by atoms with Crippen LogP contribution in [0.1, 0.15) is 43.7 Å². The number of hydrogen-bond acceptors (Lipinski definition) is 3. The number of aryl methyl sites for hydroxylation is 1. The molecular weight excluding hydrogens is 323 g/mol. The lowest BCUT2D eigenvalue weighted by Gasteiger charge is -2.08. The Kier molecular flexibility index (Phi) is 8.59. The third-order valence-electron chi connectivity index (χ3n) is 2.52. The molecule has 0 saturated carbocycles. The van der Waals surface area contributed by atoms with Crippen LogP contribution in [0, 0.1) is 0 Å². The van der Waals surface area contributed by atoms with Crippen molar-refractivity contribution in [3.63, 3.8) is 0 Å². The van der Waals surface area contributed by atoms with E-state index in [1.165, 1.54) is 23.0 Å². The molecule has 0 unspecified atom stereocenters. The fraction of sp³-hybridized carbons (Fsp3) is 0.375. The number of nitrogens with zero attached hydrogens (tertiary/aromatic N) is 2. The molecule has 0 spiro atoms. The van der Waals surface area contributed by atoms with Crippen LogP contribution < -0.4 is 5.32 Å². The first-order chi connectivity index (χ1) is 11.3. The maximum absolute atomic E-state index is 12.4. The predicted molar refractivity (Wildman–Crippen MR) is 87.6 cm³/mol. The van der Waals surface area contributed by atoms with Gasteiger partial charge in [-0.05, 0) is 24.3 Å². The van der Waals surface area contributed by atoms with Crippen molar-refractivity contribution < 1.29 is 23.1 Å². The molecular formula is C16H22F3N3O2. The molecule has 0 atom stereocenters. The summed E-state index contributed by atoms with van der Waals surface area (Å²) in [7, 11) is 1.55. The third-order valence-corrected chi connectivity index (χ3v) is 2.52. The Morgan fingerprint density at radius 1 is 1.12 bits per heavy atom. The van der Waals surface area contributed by atoms with Crippen molar-refractivity contribution >= 4 is 17.3 Å². The van der Waals surface area contributed by atoms with Crippen molar-refractivity contribution in [2.45, 2.75) is 33.9 Å². The number of rotatable bonds is 3. The molecule has 1 aromatic heterocycles. The summed E-state index contributed by atoms with van der Waals surface area (Å²) >= 11 is 0. The van der Waals surface area contributed by atoms with E-state index >= 15 is 0 Å². The zero-order chi connectivity index (χ0) is 18.9. The van der Waals surface area contributed by atoms with Crippen LogP contribution >= 0.6 is 0 Å². The molecule has 1 aromatic carbocycles. The maximum atomic E-state index is 12.4. The second-order valence-electron chi connectivity index (χ2n) is 4.07. The first kappa shape index (κ1) is 21.5. The largest absolute Gasteiger partial charge is 0.476 e. The fourth-order valence-electron chi connectivity index (χ4n) is 1.64. The minimum Gasteiger partial charge on any atom is -0.476 e. The average molecular weight is 345 g/mol. The van der Waals surface area contributed by atoms with E-state index in [-0.39, 0.29) is 11.4 Å². The summed E-state index contributed by atoms with van der Waals surface area (Å²) in [5.74, 6) is -1.22. The lowest BCUT2D eigenvalue weighted by atomic mass is 10.2. The Morgan fingerprint density at radius 2 is 1.62 bits per heavy atom. The van der Waals surface area contributed by atoms with Gasteiger partial charge in [-0.3, -0.25) is 4.68 Å². The van der Waals surface area contributed by atoms with E-state index in [1.807, 2.05) is 27.7 Å². The molecule has 5 nitrogen and oxygen atoms in total. The smallest absolute Gasteiger partial charge is 0.416 e. The quantitative estimate of drug-likeness (QED) is 0.827. The van der Waals surface area contributed by atoms with Crippen molar-refractivity contribution in [1.29, 1.82) is 0 Å². The van der Waals surface area contributed by atoms with Crippen LogP contribution in [0.25, 0.3) is 0 Å². The van der Waals surface area contributed by atoms with Crippen molar-refractivity contribution in [1.82, 2.24) is 9.78 Å². The second kappa shape index (κ2) is 9.59. The van der Waals surface area contributed by atoms with Gasteiger partial charge in [0.1, 0.15) is 0 Å². The SMILES string of the molecule is CC.CC.Cn1cc(Nc2ccc(C(F)(F)F)cc2)c(C(=O)O)n1. The monoisotopic (exact) mass is 345 g/mol. The molecule has 0 aliphatic heterocycles. The van der Waals surface area contributed by atoms with E-state index in [1.54, 1.807) is 7.05 Å². The number of nitrogens with one attached hydrogen (secondary N) is 1. The normalized spacial score (nSPS) is 10.0. The number of carbonyl (C=O) groups is 1. The highest BCUT2D eigenvalue weighted by Gasteiger charge is 2.30. The van der Waals surface area contributed by atoms with Crippen LogP contribution in [0.4, 0.5) is 24.5 Å². The summed E-state index contributed by atoms with van der Waals surface area (Å²) in [4.78, 5) is 10.9. The van der Waals surface area contributed by atoms with E-state index in [2.05, 4.69) is 10.4 Å². The van der Waals surface area contributed by atoms with Gasteiger partial charge in [-0.2, -0.15) is 18.3 Å². The van der Waals surface area contributed by atoms with Crippen molar-refractivity contribution in [2.75, 3.05) is 5.32 Å². The number of benzene rings is 1. The summed E-state index contributed by atoms with van der Waals surface area (Å²) < 4.78 is 38.5. The summed E-state index contributed by atoms with van der Waals surface area (Å²) in [6, 6.07) is 4.28. The molecule has 8 heteroatoms. The summed E-state index contributed by atoms with van der Waals surface area (Å²) in [5, 5.41) is 15.4. The number of carboxylic acid groups (broad SMARTS) is 1. The van der Waals surface area contributed by atoms with Gasteiger partial charge in [0.15, 0.2) is 5.69 Å². The summed E-state index contributed by atoms with van der Waals surface area (Å²) in [5.41, 5.74) is -0.423. The van der Waals surface area contributed by atoms with Gasteiger partial charge in [-0.15, -0.1) is 0 Å². The van der Waals surface area contributed by atoms with Crippen LogP contribution in [0.2, 0.25) is 0 Å². The zero-order valence-corrected chi connectivity index (χ0v) is 14.3. The number of aromatic carboxylic acids is 1. The van der Waals surface area contributed by atoms with E-state index in [0.717, 1.165) is 12.1 Å². The first-order valence-electron chi connectivity index (χ1n) is 7.48. The summed E-state index contributed by atoms with van der Waals surface area (Å²) in [6.45, 7) is 8.00. The Balaban J connectivity index is 0.00000123. The van der Waals surface area contributed by atoms with E-state index < -0.39 is 17.7 Å². The van der Waals surface area contributed by atoms with Gasteiger partial charge < -0.3 is 10.4 Å². The molecule has 2 aromatic rings. The first-order valence-corrected chi connectivity index (χ1v) is 7.48. The maximum Gasteiger partial charge on any atom is 0.416 e. The second-order valence-corrected chi connectivity index (χ2v) is 4.07. The standard InChI is InChI=1S/C12H10F3N3O2.2C2H6/c1-18-6-9(10(17-18)11(19)20)16-8-4-2-7(3-5-8)12(13,14)15;2*1-2/h2-6,16H,1H3,(H,19,20);2*1-2H3. The molecule has 2 rings (SSSR count). The minimum atomic E-state index is -4.40. The van der Waals surface area contributed by atoms with Gasteiger partial charge in [-0.1, -0.05) is 27.7 Å². The van der Waals surface area contributed by atoms with Crippen LogP contribution in [0.3, 0.4) is 0 Å². The average Bonchev–Trinajstić information content (AvgIpc) is 2.92. The molecule has 0 aliphatic carbocycles. The van der Waals surface area contributed by atoms with E-state index in [4.69, 9.17) is 5.11 Å². The predicted octanol–water partition coefficient (Wildman–Crippen LogP) is 4.93. The molecule has 0 aliphatic rings. The Bertz CT molecular complexity index is 635. The van der Waals surface area contributed by atoms with Gasteiger partial charge in [0.25, 0.3) is 0 Å². The molecule has 134 valence electrons. The van der Waals surface area contributed by atoms with Crippen molar-refractivity contribution in [2.24, 2.45) is 7.05 Å². The van der Waals surface area contributed by atoms with Crippen molar-refractivity contribution in [3.05, 3.63) is 41.7 Å². The van der Waals surface area contributed by atoms with Gasteiger partial charge in [0.2, 0.25) is 0 Å². The molecule has 24 heavy (non-hydrogen) atoms. The molecule has 0 radical (unpaired) electrons. The Hall–Kier alpha value is -2.51. The molecule has 1 heterocycles. The number of alkyl halides is 3. The molecule has 0 fully saturated rings. The molecule has 0 saturated heterocycles. The minimum absolute atomic E-state index is 0.201. The number of aromatic nitrogens is 2. The van der Waals surface area contributed by atoms with Gasteiger partial charge in [0.05, 0.1) is 11.3 Å². The Morgan fingerprint density at radius 3 is 2.04 bits per heavy atom. The highest BCUT2D eigenvalue weighted by atomic mass is 19.4. The number of halogens is 3. The van der Waals surface area contributed by atoms with E-state index in [0.29, 0.717) is 5.69 Å². The van der Waals surface area contributed by atoms with Gasteiger partial charge >= 0.3 is 12.1 Å². The molecule has 0 amide bonds. The Labute approximate surface area is 139 Å². The third kappa shape index (κ3) is 5.94. The fourth-order valence-corrected chi connectivity index (χ4v) is 1.64. The van der Waals surface area contributed by atoms with Crippen LogP contribution in [0.15, 0.2) is 30.5 Å². The van der Waals surface area contributed by atoms with Gasteiger partial charge in [-0.25, -0.2) is 4.79 Å². The number of hydrogen-bond donors (Lipinski definition) is 2. The lowest BCUT2D eigenvalue weighted by molar-refractivity contribution is -0.137. The van der Waals surface area contributed by atoms with Crippen LogP contribution in [-0.4, -0.2) is 20.9 Å². The zero-order valence-electron chi connectivity index (χ0n) is 14.3.